The second-order valence-electron chi connectivity index (χ2n) is 4.35. The Morgan fingerprint density at radius 1 is 1.24 bits per heavy atom. The number of halogens is 2. The molecule has 114 valence electrons. The summed E-state index contributed by atoms with van der Waals surface area (Å²) in [6.07, 6.45) is 0.327. The van der Waals surface area contributed by atoms with Crippen molar-refractivity contribution in [1.29, 1.82) is 0 Å². The van der Waals surface area contributed by atoms with Gasteiger partial charge in [-0.25, -0.2) is 17.2 Å². The van der Waals surface area contributed by atoms with E-state index in [1.807, 2.05) is 4.72 Å². The molecule has 0 unspecified atom stereocenters. The zero-order valence-corrected chi connectivity index (χ0v) is 12.7. The summed E-state index contributed by atoms with van der Waals surface area (Å²) in [4.78, 5) is 0.670. The highest BCUT2D eigenvalue weighted by Gasteiger charge is 2.21. The van der Waals surface area contributed by atoms with E-state index in [9.17, 15) is 17.2 Å². The number of aliphatic hydroxyl groups is 1. The second kappa shape index (κ2) is 6.08. The smallest absolute Gasteiger partial charge is 0.271 e. The molecule has 4 nitrogen and oxygen atoms in total. The van der Waals surface area contributed by atoms with E-state index in [1.54, 1.807) is 6.07 Å². The molecule has 0 aliphatic rings. The van der Waals surface area contributed by atoms with Crippen LogP contribution in [-0.2, 0) is 16.4 Å². The standard InChI is InChI=1S/C13H13F2NO3S2/c1-8-2-4-10(14)13(12(8)15)16-21(18,19)11-5-3-9(20-11)6-7-17/h2-5,16-17H,6-7H2,1H3. The van der Waals surface area contributed by atoms with Crippen LogP contribution in [0.3, 0.4) is 0 Å². The first-order chi connectivity index (χ1) is 9.85. The molecule has 0 fully saturated rings. The third-order valence-corrected chi connectivity index (χ3v) is 5.77. The monoisotopic (exact) mass is 333 g/mol. The summed E-state index contributed by atoms with van der Waals surface area (Å²) in [5, 5.41) is 8.81. The lowest BCUT2D eigenvalue weighted by molar-refractivity contribution is 0.300. The zero-order valence-electron chi connectivity index (χ0n) is 11.1. The van der Waals surface area contributed by atoms with E-state index >= 15 is 0 Å². The average molecular weight is 333 g/mol. The Morgan fingerprint density at radius 3 is 2.62 bits per heavy atom. The molecule has 0 aliphatic carbocycles. The van der Waals surface area contributed by atoms with Crippen molar-refractivity contribution in [1.82, 2.24) is 0 Å². The molecule has 0 amide bonds. The number of anilines is 1. The number of hydrogen-bond donors (Lipinski definition) is 2. The van der Waals surface area contributed by atoms with E-state index in [2.05, 4.69) is 0 Å². The molecule has 2 aromatic rings. The molecule has 1 aromatic carbocycles. The van der Waals surface area contributed by atoms with Gasteiger partial charge in [0.05, 0.1) is 0 Å². The lowest BCUT2D eigenvalue weighted by Crippen LogP contribution is -2.14. The third-order valence-electron chi connectivity index (χ3n) is 2.78. The number of aryl methyl sites for hydroxylation is 1. The van der Waals surface area contributed by atoms with Crippen molar-refractivity contribution >= 4 is 27.0 Å². The van der Waals surface area contributed by atoms with Gasteiger partial charge >= 0.3 is 0 Å². The maximum Gasteiger partial charge on any atom is 0.271 e. The first kappa shape index (κ1) is 15.9. The fourth-order valence-corrected chi connectivity index (χ4v) is 4.09. The van der Waals surface area contributed by atoms with E-state index in [0.717, 1.165) is 17.4 Å². The normalized spacial score (nSPS) is 11.6. The summed E-state index contributed by atoms with van der Waals surface area (Å²) in [7, 11) is -4.07. The number of nitrogens with one attached hydrogen (secondary N) is 1. The SMILES string of the molecule is Cc1ccc(F)c(NS(=O)(=O)c2ccc(CCO)s2)c1F. The minimum atomic E-state index is -4.07. The van der Waals surface area contributed by atoms with Gasteiger partial charge in [0.15, 0.2) is 5.82 Å². The molecule has 0 spiro atoms. The van der Waals surface area contributed by atoms with Crippen molar-refractivity contribution in [2.75, 3.05) is 11.3 Å². The molecule has 2 rings (SSSR count). The van der Waals surface area contributed by atoms with E-state index in [0.29, 0.717) is 11.3 Å². The molecule has 21 heavy (non-hydrogen) atoms. The molecule has 0 saturated carbocycles. The van der Waals surface area contributed by atoms with Gasteiger partial charge in [-0.05, 0) is 30.7 Å². The Bertz CT molecular complexity index is 757. The number of aliphatic hydroxyl groups excluding tert-OH is 1. The van der Waals surface area contributed by atoms with Crippen LogP contribution >= 0.6 is 11.3 Å². The number of sulfonamides is 1. The lowest BCUT2D eigenvalue weighted by Gasteiger charge is -2.09. The Morgan fingerprint density at radius 2 is 1.95 bits per heavy atom. The molecule has 2 N–H and O–H groups in total. The molecule has 0 radical (unpaired) electrons. The number of benzene rings is 1. The van der Waals surface area contributed by atoms with Crippen LogP contribution in [0.1, 0.15) is 10.4 Å². The van der Waals surface area contributed by atoms with Gasteiger partial charge in [0.1, 0.15) is 15.7 Å². The van der Waals surface area contributed by atoms with Gasteiger partial charge in [-0.15, -0.1) is 11.3 Å². The van der Waals surface area contributed by atoms with Crippen molar-refractivity contribution in [3.05, 3.63) is 46.3 Å². The summed E-state index contributed by atoms with van der Waals surface area (Å²) in [6, 6.07) is 5.12. The van der Waals surface area contributed by atoms with E-state index in [4.69, 9.17) is 5.11 Å². The van der Waals surface area contributed by atoms with Crippen LogP contribution in [0.2, 0.25) is 0 Å². The number of thiophene rings is 1. The zero-order chi connectivity index (χ0) is 15.6. The molecular formula is C13H13F2NO3S2. The maximum absolute atomic E-state index is 13.8. The maximum atomic E-state index is 13.8. The quantitative estimate of drug-likeness (QED) is 0.884. The highest BCUT2D eigenvalue weighted by atomic mass is 32.2. The molecule has 0 saturated heterocycles. The molecule has 1 heterocycles. The van der Waals surface area contributed by atoms with Gasteiger partial charge < -0.3 is 5.11 Å². The minimum Gasteiger partial charge on any atom is -0.396 e. The van der Waals surface area contributed by atoms with Crippen molar-refractivity contribution in [3.8, 4) is 0 Å². The van der Waals surface area contributed by atoms with E-state index in [1.165, 1.54) is 19.1 Å². The molecule has 0 atom stereocenters. The number of hydrogen-bond acceptors (Lipinski definition) is 4. The first-order valence-electron chi connectivity index (χ1n) is 6.02. The molecule has 0 aliphatic heterocycles. The second-order valence-corrected chi connectivity index (χ2v) is 7.43. The number of rotatable bonds is 5. The van der Waals surface area contributed by atoms with Crippen molar-refractivity contribution in [2.24, 2.45) is 0 Å². The lowest BCUT2D eigenvalue weighted by atomic mass is 10.2. The predicted molar refractivity (Wildman–Crippen MR) is 77.0 cm³/mol. The minimum absolute atomic E-state index is 0.0637. The van der Waals surface area contributed by atoms with Gasteiger partial charge in [-0.3, -0.25) is 4.72 Å². The highest BCUT2D eigenvalue weighted by Crippen LogP contribution is 2.28. The Labute approximate surface area is 125 Å². The van der Waals surface area contributed by atoms with Crippen LogP contribution in [0.4, 0.5) is 14.5 Å². The molecule has 0 bridgehead atoms. The predicted octanol–water partition coefficient (Wildman–Crippen LogP) is 2.67. The van der Waals surface area contributed by atoms with Gasteiger partial charge in [0, 0.05) is 17.9 Å². The van der Waals surface area contributed by atoms with E-state index in [-0.39, 0.29) is 16.4 Å². The van der Waals surface area contributed by atoms with Crippen molar-refractivity contribution in [2.45, 2.75) is 17.6 Å². The Hall–Kier alpha value is -1.51. The fraction of sp³-hybridized carbons (Fsp3) is 0.231. The van der Waals surface area contributed by atoms with Crippen molar-refractivity contribution in [3.63, 3.8) is 0 Å². The van der Waals surface area contributed by atoms with Crippen LogP contribution in [0.25, 0.3) is 0 Å². The summed E-state index contributed by atoms with van der Waals surface area (Å²) >= 11 is 0.944. The van der Waals surface area contributed by atoms with Crippen LogP contribution in [-0.4, -0.2) is 20.1 Å². The van der Waals surface area contributed by atoms with Gasteiger partial charge in [0.2, 0.25) is 0 Å². The average Bonchev–Trinajstić information content (AvgIpc) is 2.89. The summed E-state index contributed by atoms with van der Waals surface area (Å²) < 4.78 is 53.6. The van der Waals surface area contributed by atoms with Gasteiger partial charge in [0.25, 0.3) is 10.0 Å². The molecule has 1 aromatic heterocycles. The Balaban J connectivity index is 2.35. The van der Waals surface area contributed by atoms with Crippen LogP contribution in [0.5, 0.6) is 0 Å². The Kier molecular flexibility index (Phi) is 4.60. The van der Waals surface area contributed by atoms with Gasteiger partial charge in [-0.1, -0.05) is 6.07 Å². The van der Waals surface area contributed by atoms with Gasteiger partial charge in [-0.2, -0.15) is 0 Å². The summed E-state index contributed by atoms with van der Waals surface area (Å²) in [6.45, 7) is 1.31. The van der Waals surface area contributed by atoms with Crippen LogP contribution in [0, 0.1) is 18.6 Å². The molecule has 8 heteroatoms. The van der Waals surface area contributed by atoms with Crippen molar-refractivity contribution < 1.29 is 22.3 Å². The third kappa shape index (κ3) is 3.39. The summed E-state index contributed by atoms with van der Waals surface area (Å²) in [5.41, 5.74) is -0.548. The summed E-state index contributed by atoms with van der Waals surface area (Å²) in [5.74, 6) is -1.92. The highest BCUT2D eigenvalue weighted by molar-refractivity contribution is 7.94. The van der Waals surface area contributed by atoms with Crippen LogP contribution in [0.15, 0.2) is 28.5 Å². The fourth-order valence-electron chi connectivity index (χ4n) is 1.68. The molecular weight excluding hydrogens is 320 g/mol. The van der Waals surface area contributed by atoms with Crippen LogP contribution < -0.4 is 4.72 Å². The van der Waals surface area contributed by atoms with E-state index < -0.39 is 27.3 Å². The largest absolute Gasteiger partial charge is 0.396 e. The topological polar surface area (TPSA) is 66.4 Å². The first-order valence-corrected chi connectivity index (χ1v) is 8.32.